The Kier molecular flexibility index (Phi) is 8.38. The number of hydrogen-bond acceptors (Lipinski definition) is 5. The van der Waals surface area contributed by atoms with Crippen molar-refractivity contribution in [3.63, 3.8) is 0 Å². The van der Waals surface area contributed by atoms with E-state index in [1.54, 1.807) is 6.07 Å². The smallest absolute Gasteiger partial charge is 0.269 e. The van der Waals surface area contributed by atoms with E-state index in [0.29, 0.717) is 18.0 Å². The van der Waals surface area contributed by atoms with E-state index >= 15 is 0 Å². The van der Waals surface area contributed by atoms with Crippen LogP contribution in [-0.2, 0) is 6.54 Å². The molecule has 7 heteroatoms. The van der Waals surface area contributed by atoms with Gasteiger partial charge in [-0.3, -0.25) is 14.6 Å². The lowest BCUT2D eigenvalue weighted by molar-refractivity contribution is 0.0947. The lowest BCUT2D eigenvalue weighted by Crippen LogP contribution is -2.31. The zero-order chi connectivity index (χ0) is 23.8. The highest BCUT2D eigenvalue weighted by molar-refractivity contribution is 5.98. The number of carbonyl (C=O) groups is 2. The highest BCUT2D eigenvalue weighted by Crippen LogP contribution is 2.17. The lowest BCUT2D eigenvalue weighted by atomic mass is 10.0. The number of nitrogens with one attached hydrogen (secondary N) is 3. The molecule has 33 heavy (non-hydrogen) atoms. The van der Waals surface area contributed by atoms with Crippen molar-refractivity contribution < 1.29 is 9.59 Å². The van der Waals surface area contributed by atoms with Crippen LogP contribution in [0.15, 0.2) is 66.5 Å². The quantitative estimate of drug-likeness (QED) is 0.548. The van der Waals surface area contributed by atoms with Gasteiger partial charge in [-0.05, 0) is 48.6 Å². The van der Waals surface area contributed by atoms with Crippen LogP contribution in [0.25, 0.3) is 0 Å². The predicted octanol–water partition coefficient (Wildman–Crippen LogP) is 3.53. The van der Waals surface area contributed by atoms with Crippen molar-refractivity contribution in [1.29, 1.82) is 0 Å². The van der Waals surface area contributed by atoms with Crippen LogP contribution in [0.5, 0.6) is 0 Å². The van der Waals surface area contributed by atoms with Gasteiger partial charge in [0.25, 0.3) is 11.8 Å². The number of benzene rings is 1. The summed E-state index contributed by atoms with van der Waals surface area (Å²) in [6.07, 6.45) is 7.54. The fourth-order valence-electron chi connectivity index (χ4n) is 3.45. The van der Waals surface area contributed by atoms with Crippen LogP contribution in [0.2, 0.25) is 0 Å². The van der Waals surface area contributed by atoms with Gasteiger partial charge in [-0.25, -0.2) is 5.43 Å². The van der Waals surface area contributed by atoms with Crippen LogP contribution < -0.4 is 16.1 Å². The molecule has 0 fully saturated rings. The van der Waals surface area contributed by atoms with Crippen LogP contribution in [-0.4, -0.2) is 40.9 Å². The molecule has 1 aliphatic rings. The molecule has 3 N–H and O–H groups in total. The van der Waals surface area contributed by atoms with Crippen LogP contribution in [0.4, 0.5) is 0 Å². The number of nitrogens with zero attached hydrogens (tertiary/aromatic N) is 2. The first kappa shape index (κ1) is 24.2. The molecule has 3 rings (SSSR count). The van der Waals surface area contributed by atoms with E-state index in [1.165, 1.54) is 23.4 Å². The van der Waals surface area contributed by atoms with Crippen LogP contribution in [0.3, 0.4) is 0 Å². The van der Waals surface area contributed by atoms with Crippen molar-refractivity contribution in [2.75, 3.05) is 13.1 Å². The number of carbonyl (C=O) groups excluding carboxylic acids is 2. The van der Waals surface area contributed by atoms with E-state index in [9.17, 15) is 9.59 Å². The summed E-state index contributed by atoms with van der Waals surface area (Å²) >= 11 is 0. The fraction of sp³-hybridized carbons (Fsp3) is 0.346. The number of pyridine rings is 1. The Bertz CT molecular complexity index is 1030. The van der Waals surface area contributed by atoms with Crippen molar-refractivity contribution in [3.8, 4) is 0 Å². The van der Waals surface area contributed by atoms with Gasteiger partial charge in [0.2, 0.25) is 0 Å². The summed E-state index contributed by atoms with van der Waals surface area (Å²) in [5.41, 5.74) is 7.73. The van der Waals surface area contributed by atoms with Gasteiger partial charge < -0.3 is 15.6 Å². The molecule has 0 radical (unpaired) electrons. The molecule has 1 atom stereocenters. The van der Waals surface area contributed by atoms with Crippen molar-refractivity contribution in [2.45, 2.75) is 46.2 Å². The van der Waals surface area contributed by atoms with Crippen molar-refractivity contribution in [1.82, 2.24) is 26.1 Å². The third-order valence-corrected chi connectivity index (χ3v) is 5.36. The maximum Gasteiger partial charge on any atom is 0.269 e. The second-order valence-electron chi connectivity index (χ2n) is 8.47. The van der Waals surface area contributed by atoms with Crippen molar-refractivity contribution >= 4 is 11.8 Å². The molecule has 0 unspecified atom stereocenters. The largest absolute Gasteiger partial charge is 0.351 e. The van der Waals surface area contributed by atoms with E-state index in [4.69, 9.17) is 0 Å². The average molecular weight is 448 g/mol. The molecule has 2 amide bonds. The summed E-state index contributed by atoms with van der Waals surface area (Å²) in [4.78, 5) is 28.5. The molecular formula is C26H33N5O2. The standard InChI is InChI=1S/C26H33N5O2/c1-5-27-26(33)24-14-23(12-13-28-24)25(32)30-19(4)6-7-21-15-29-31(17-21)16-20-8-10-22(11-9-20)18(2)3/h6-14,17-19,29H,5,15-16H2,1-4H3,(H,27,33)(H,30,32)/b7-6+/t19-/m0/s1. The second-order valence-corrected chi connectivity index (χ2v) is 8.47. The number of hydrazine groups is 1. The zero-order valence-electron chi connectivity index (χ0n) is 19.8. The Balaban J connectivity index is 1.53. The minimum atomic E-state index is -0.291. The third-order valence-electron chi connectivity index (χ3n) is 5.36. The molecule has 0 spiro atoms. The molecule has 0 saturated carbocycles. The van der Waals surface area contributed by atoms with E-state index in [2.05, 4.69) is 70.4 Å². The topological polar surface area (TPSA) is 86.4 Å². The number of rotatable bonds is 9. The van der Waals surface area contributed by atoms with Gasteiger partial charge in [0.05, 0.1) is 6.54 Å². The summed E-state index contributed by atoms with van der Waals surface area (Å²) in [5, 5.41) is 7.70. The third kappa shape index (κ3) is 7.02. The Labute approximate surface area is 195 Å². The van der Waals surface area contributed by atoms with Crippen LogP contribution in [0, 0.1) is 0 Å². The molecule has 1 aromatic carbocycles. The Morgan fingerprint density at radius 3 is 2.61 bits per heavy atom. The van der Waals surface area contributed by atoms with Gasteiger partial charge in [0.1, 0.15) is 5.69 Å². The van der Waals surface area contributed by atoms with Crippen molar-refractivity contribution in [2.24, 2.45) is 0 Å². The Hall–Kier alpha value is -3.45. The highest BCUT2D eigenvalue weighted by Gasteiger charge is 2.14. The fourth-order valence-corrected chi connectivity index (χ4v) is 3.45. The molecule has 0 saturated heterocycles. The van der Waals surface area contributed by atoms with Gasteiger partial charge in [0, 0.05) is 37.1 Å². The summed E-state index contributed by atoms with van der Waals surface area (Å²) < 4.78 is 0. The maximum absolute atomic E-state index is 12.6. The predicted molar refractivity (Wildman–Crippen MR) is 130 cm³/mol. The van der Waals surface area contributed by atoms with Gasteiger partial charge in [-0.1, -0.05) is 50.3 Å². The normalized spacial score (nSPS) is 14.5. The first-order valence-corrected chi connectivity index (χ1v) is 11.4. The van der Waals surface area contributed by atoms with Gasteiger partial charge in [-0.15, -0.1) is 0 Å². The van der Waals surface area contributed by atoms with E-state index in [0.717, 1.165) is 18.7 Å². The van der Waals surface area contributed by atoms with E-state index < -0.39 is 0 Å². The highest BCUT2D eigenvalue weighted by atomic mass is 16.2. The van der Waals surface area contributed by atoms with Crippen molar-refractivity contribution in [3.05, 3.63) is 88.9 Å². The first-order valence-electron chi connectivity index (χ1n) is 11.4. The molecule has 1 aliphatic heterocycles. The second kappa shape index (κ2) is 11.4. The molecule has 174 valence electrons. The molecule has 2 heterocycles. The molecule has 7 nitrogen and oxygen atoms in total. The van der Waals surface area contributed by atoms with E-state index in [1.807, 2.05) is 26.0 Å². The monoisotopic (exact) mass is 447 g/mol. The number of hydrogen-bond donors (Lipinski definition) is 3. The van der Waals surface area contributed by atoms with Crippen LogP contribution in [0.1, 0.15) is 65.6 Å². The summed E-state index contributed by atoms with van der Waals surface area (Å²) in [6.45, 7) is 10.2. The van der Waals surface area contributed by atoms with E-state index in [-0.39, 0.29) is 23.6 Å². The molecular weight excluding hydrogens is 414 g/mol. The minimum absolute atomic E-state index is 0.169. The average Bonchev–Trinajstić information content (AvgIpc) is 3.25. The first-order chi connectivity index (χ1) is 15.9. The van der Waals surface area contributed by atoms with Gasteiger partial charge >= 0.3 is 0 Å². The number of amides is 2. The summed E-state index contributed by atoms with van der Waals surface area (Å²) in [7, 11) is 0. The molecule has 0 aliphatic carbocycles. The number of aromatic nitrogens is 1. The SMILES string of the molecule is CCNC(=O)c1cc(C(=O)N[C@@H](C)/C=C/C2=CN(Cc3ccc(C(C)C)cc3)NC2)ccn1. The summed E-state index contributed by atoms with van der Waals surface area (Å²) in [5.74, 6) is -0.00414. The lowest BCUT2D eigenvalue weighted by Gasteiger charge is -2.16. The molecule has 2 aromatic rings. The Morgan fingerprint density at radius 2 is 1.91 bits per heavy atom. The molecule has 0 bridgehead atoms. The van der Waals surface area contributed by atoms with Gasteiger partial charge in [-0.2, -0.15) is 0 Å². The van der Waals surface area contributed by atoms with Gasteiger partial charge in [0.15, 0.2) is 0 Å². The zero-order valence-corrected chi connectivity index (χ0v) is 19.8. The summed E-state index contributed by atoms with van der Waals surface area (Å²) in [6, 6.07) is 11.7. The Morgan fingerprint density at radius 1 is 1.15 bits per heavy atom. The molecule has 1 aromatic heterocycles. The maximum atomic E-state index is 12.6. The minimum Gasteiger partial charge on any atom is -0.351 e. The van der Waals surface area contributed by atoms with Crippen LogP contribution >= 0.6 is 0 Å².